The van der Waals surface area contributed by atoms with Crippen molar-refractivity contribution in [3.8, 4) is 0 Å². The van der Waals surface area contributed by atoms with E-state index in [1.54, 1.807) is 6.20 Å². The van der Waals surface area contributed by atoms with Gasteiger partial charge in [0.25, 0.3) is 5.91 Å². The van der Waals surface area contributed by atoms with E-state index in [-0.39, 0.29) is 5.56 Å². The molecule has 1 aromatic heterocycles. The molecule has 2 aliphatic heterocycles. The van der Waals surface area contributed by atoms with Crippen LogP contribution in [0.3, 0.4) is 0 Å². The average molecular weight is 421 g/mol. The van der Waals surface area contributed by atoms with Gasteiger partial charge in [-0.3, -0.25) is 4.79 Å². The van der Waals surface area contributed by atoms with Gasteiger partial charge in [-0.1, -0.05) is 12.1 Å². The summed E-state index contributed by atoms with van der Waals surface area (Å²) in [5.41, 5.74) is -0.255. The number of morpholine rings is 1. The van der Waals surface area contributed by atoms with E-state index in [1.807, 2.05) is 11.0 Å². The second-order valence-electron chi connectivity index (χ2n) is 7.19. The van der Waals surface area contributed by atoms with Gasteiger partial charge in [0.2, 0.25) is 0 Å². The Balaban J connectivity index is 1.43. The third-order valence-electron chi connectivity index (χ3n) is 5.36. The molecule has 10 heteroatoms. The Kier molecular flexibility index (Phi) is 5.76. The van der Waals surface area contributed by atoms with Gasteiger partial charge in [-0.2, -0.15) is 18.3 Å². The Bertz CT molecular complexity index is 894. The predicted octanol–water partition coefficient (Wildman–Crippen LogP) is 2.29. The van der Waals surface area contributed by atoms with E-state index in [1.165, 1.54) is 23.1 Å². The van der Waals surface area contributed by atoms with Gasteiger partial charge in [0, 0.05) is 45.3 Å². The zero-order valence-electron chi connectivity index (χ0n) is 16.3. The van der Waals surface area contributed by atoms with Crippen molar-refractivity contribution in [2.24, 2.45) is 0 Å². The fourth-order valence-electron chi connectivity index (χ4n) is 3.72. The third-order valence-corrected chi connectivity index (χ3v) is 5.36. The van der Waals surface area contributed by atoms with Crippen LogP contribution in [-0.2, 0) is 10.9 Å². The third kappa shape index (κ3) is 4.33. The maximum absolute atomic E-state index is 13.2. The van der Waals surface area contributed by atoms with Gasteiger partial charge in [0.15, 0.2) is 5.82 Å². The minimum absolute atomic E-state index is 0.312. The van der Waals surface area contributed by atoms with Crippen LogP contribution in [0.1, 0.15) is 15.9 Å². The number of aromatic nitrogens is 2. The number of hydrogen-bond donors (Lipinski definition) is 0. The number of carbonyl (C=O) groups is 1. The van der Waals surface area contributed by atoms with Crippen molar-refractivity contribution in [2.45, 2.75) is 6.18 Å². The number of hydrogen-bond acceptors (Lipinski definition) is 6. The molecule has 0 unspecified atom stereocenters. The molecule has 30 heavy (non-hydrogen) atoms. The molecule has 7 nitrogen and oxygen atoms in total. The van der Waals surface area contributed by atoms with Crippen molar-refractivity contribution < 1.29 is 22.7 Å². The minimum atomic E-state index is -4.57. The Morgan fingerprint density at radius 3 is 2.37 bits per heavy atom. The van der Waals surface area contributed by atoms with Gasteiger partial charge in [0.05, 0.1) is 36.2 Å². The molecule has 2 aromatic rings. The number of benzene rings is 1. The second-order valence-corrected chi connectivity index (χ2v) is 7.19. The summed E-state index contributed by atoms with van der Waals surface area (Å²) in [5.74, 6) is 0.0949. The topological polar surface area (TPSA) is 61.8 Å². The number of anilines is 2. The number of halogens is 3. The van der Waals surface area contributed by atoms with E-state index in [0.717, 1.165) is 24.8 Å². The Morgan fingerprint density at radius 1 is 0.967 bits per heavy atom. The molecule has 0 spiro atoms. The molecule has 1 aromatic carbocycles. The van der Waals surface area contributed by atoms with Crippen molar-refractivity contribution >= 4 is 17.4 Å². The minimum Gasteiger partial charge on any atom is -0.378 e. The van der Waals surface area contributed by atoms with Crippen LogP contribution in [0.4, 0.5) is 24.7 Å². The molecule has 0 bridgehead atoms. The number of alkyl halides is 3. The molecule has 0 N–H and O–H groups in total. The SMILES string of the molecule is O=C(c1ccccc1C(F)(F)F)N1CCN(c2cc(N3CCOCC3)cnn2)CC1. The lowest BCUT2D eigenvalue weighted by Crippen LogP contribution is -2.49. The van der Waals surface area contributed by atoms with E-state index in [2.05, 4.69) is 15.1 Å². The monoisotopic (exact) mass is 421 g/mol. The summed E-state index contributed by atoms with van der Waals surface area (Å²) in [5, 5.41) is 8.29. The van der Waals surface area contributed by atoms with Crippen LogP contribution in [0.5, 0.6) is 0 Å². The average Bonchev–Trinajstić information content (AvgIpc) is 2.79. The molecule has 0 aliphatic carbocycles. The number of carbonyl (C=O) groups excluding carboxylic acids is 1. The number of rotatable bonds is 3. The molecule has 4 rings (SSSR count). The zero-order valence-corrected chi connectivity index (χ0v) is 16.3. The van der Waals surface area contributed by atoms with Crippen LogP contribution in [0.15, 0.2) is 36.5 Å². The fraction of sp³-hybridized carbons (Fsp3) is 0.450. The zero-order chi connectivity index (χ0) is 21.1. The molecular formula is C20H22F3N5O2. The van der Waals surface area contributed by atoms with E-state index in [4.69, 9.17) is 4.74 Å². The van der Waals surface area contributed by atoms with Gasteiger partial charge in [-0.05, 0) is 12.1 Å². The molecular weight excluding hydrogens is 399 g/mol. The van der Waals surface area contributed by atoms with Crippen LogP contribution in [-0.4, -0.2) is 73.5 Å². The van der Waals surface area contributed by atoms with Gasteiger partial charge in [0.1, 0.15) is 0 Å². The van der Waals surface area contributed by atoms with Crippen LogP contribution in [0, 0.1) is 0 Å². The van der Waals surface area contributed by atoms with Gasteiger partial charge < -0.3 is 19.4 Å². The van der Waals surface area contributed by atoms with Gasteiger partial charge >= 0.3 is 6.18 Å². The summed E-state index contributed by atoms with van der Waals surface area (Å²) in [6, 6.07) is 6.86. The van der Waals surface area contributed by atoms with Gasteiger partial charge in [-0.15, -0.1) is 5.10 Å². The summed E-state index contributed by atoms with van der Waals surface area (Å²) in [6.45, 7) is 4.47. The van der Waals surface area contributed by atoms with Crippen molar-refractivity contribution in [3.05, 3.63) is 47.7 Å². The van der Waals surface area contributed by atoms with Crippen LogP contribution < -0.4 is 9.80 Å². The summed E-state index contributed by atoms with van der Waals surface area (Å²) < 4.78 is 45.1. The van der Waals surface area contributed by atoms with E-state index < -0.39 is 17.6 Å². The van der Waals surface area contributed by atoms with E-state index >= 15 is 0 Å². The lowest BCUT2D eigenvalue weighted by molar-refractivity contribution is -0.138. The maximum atomic E-state index is 13.2. The number of piperazine rings is 1. The quantitative estimate of drug-likeness (QED) is 0.758. The fourth-order valence-corrected chi connectivity index (χ4v) is 3.72. The Hall–Kier alpha value is -2.88. The lowest BCUT2D eigenvalue weighted by Gasteiger charge is -2.36. The highest BCUT2D eigenvalue weighted by Gasteiger charge is 2.36. The number of nitrogens with zero attached hydrogens (tertiary/aromatic N) is 5. The first-order chi connectivity index (χ1) is 14.4. The lowest BCUT2D eigenvalue weighted by atomic mass is 10.1. The largest absolute Gasteiger partial charge is 0.417 e. The second kappa shape index (κ2) is 8.47. The highest BCUT2D eigenvalue weighted by Crippen LogP contribution is 2.32. The summed E-state index contributed by atoms with van der Waals surface area (Å²) in [7, 11) is 0. The number of amides is 1. The van der Waals surface area contributed by atoms with Crippen molar-refractivity contribution in [3.63, 3.8) is 0 Å². The molecule has 0 radical (unpaired) electrons. The standard InChI is InChI=1S/C20H22F3N5O2/c21-20(22,23)17-4-2-1-3-16(17)19(29)28-7-5-27(6-8-28)18-13-15(14-24-25-18)26-9-11-30-12-10-26/h1-4,13-14H,5-12H2. The summed E-state index contributed by atoms with van der Waals surface area (Å²) in [4.78, 5) is 18.4. The van der Waals surface area contributed by atoms with Crippen LogP contribution >= 0.6 is 0 Å². The first kappa shape index (κ1) is 20.4. The first-order valence-electron chi connectivity index (χ1n) is 9.79. The molecule has 160 valence electrons. The van der Waals surface area contributed by atoms with E-state index in [0.29, 0.717) is 45.2 Å². The van der Waals surface area contributed by atoms with Crippen LogP contribution in [0.2, 0.25) is 0 Å². The molecule has 2 aliphatic rings. The van der Waals surface area contributed by atoms with Gasteiger partial charge in [-0.25, -0.2) is 0 Å². The molecule has 3 heterocycles. The molecule has 2 saturated heterocycles. The Morgan fingerprint density at radius 2 is 1.67 bits per heavy atom. The molecule has 0 saturated carbocycles. The molecule has 2 fully saturated rings. The van der Waals surface area contributed by atoms with Crippen molar-refractivity contribution in [1.82, 2.24) is 15.1 Å². The predicted molar refractivity (Wildman–Crippen MR) is 105 cm³/mol. The first-order valence-corrected chi connectivity index (χ1v) is 9.79. The summed E-state index contributed by atoms with van der Waals surface area (Å²) >= 11 is 0. The van der Waals surface area contributed by atoms with E-state index in [9.17, 15) is 18.0 Å². The number of ether oxygens (including phenoxy) is 1. The highest BCUT2D eigenvalue weighted by molar-refractivity contribution is 5.96. The van der Waals surface area contributed by atoms with Crippen LogP contribution in [0.25, 0.3) is 0 Å². The normalized spacial score (nSPS) is 17.9. The van der Waals surface area contributed by atoms with Crippen molar-refractivity contribution in [2.75, 3.05) is 62.3 Å². The maximum Gasteiger partial charge on any atom is 0.417 e. The van der Waals surface area contributed by atoms with Crippen molar-refractivity contribution in [1.29, 1.82) is 0 Å². The summed E-state index contributed by atoms with van der Waals surface area (Å²) in [6.07, 6.45) is -2.85. The molecule has 0 atom stereocenters. The molecule has 1 amide bonds. The highest BCUT2D eigenvalue weighted by atomic mass is 19.4. The Labute approximate surface area is 172 Å². The smallest absolute Gasteiger partial charge is 0.378 e.